The van der Waals surface area contributed by atoms with Crippen molar-refractivity contribution in [3.05, 3.63) is 29.3 Å². The van der Waals surface area contributed by atoms with Gasteiger partial charge in [0.25, 0.3) is 5.91 Å². The molecule has 1 N–H and O–H groups in total. The van der Waals surface area contributed by atoms with Gasteiger partial charge in [0, 0.05) is 30.7 Å². The van der Waals surface area contributed by atoms with Gasteiger partial charge in [-0.05, 0) is 43.7 Å². The lowest BCUT2D eigenvalue weighted by Crippen LogP contribution is -2.52. The molecule has 0 radical (unpaired) electrons. The van der Waals surface area contributed by atoms with Crippen molar-refractivity contribution in [2.24, 2.45) is 5.41 Å². The number of carboxylic acids is 1. The molecule has 1 aliphatic heterocycles. The van der Waals surface area contributed by atoms with E-state index in [4.69, 9.17) is 4.74 Å². The normalized spacial score (nSPS) is 21.3. The van der Waals surface area contributed by atoms with Crippen LogP contribution in [-0.2, 0) is 9.53 Å². The molecule has 5 nitrogen and oxygen atoms in total. The van der Waals surface area contributed by atoms with Crippen molar-refractivity contribution in [3.63, 3.8) is 0 Å². The van der Waals surface area contributed by atoms with Crippen LogP contribution in [0.3, 0.4) is 0 Å². The first-order chi connectivity index (χ1) is 10.9. The highest BCUT2D eigenvalue weighted by atomic mass is 32.2. The third-order valence-corrected chi connectivity index (χ3v) is 5.14. The monoisotopic (exact) mass is 337 g/mol. The number of amides is 1. The maximum Gasteiger partial charge on any atom is 0.313 e. The van der Waals surface area contributed by atoms with Gasteiger partial charge in [-0.15, -0.1) is 11.8 Å². The van der Waals surface area contributed by atoms with Crippen LogP contribution in [0.25, 0.3) is 0 Å². The number of rotatable bonds is 5. The molecule has 126 valence electrons. The number of aryl methyl sites for hydroxylation is 1. The molecule has 1 aliphatic rings. The average molecular weight is 337 g/mol. The Bertz CT molecular complexity index is 600. The molecule has 0 bridgehead atoms. The molecular weight excluding hydrogens is 314 g/mol. The first-order valence-electron chi connectivity index (χ1n) is 7.60. The van der Waals surface area contributed by atoms with Crippen molar-refractivity contribution in [1.82, 2.24) is 4.90 Å². The van der Waals surface area contributed by atoms with Crippen LogP contribution in [0.1, 0.15) is 28.8 Å². The van der Waals surface area contributed by atoms with E-state index >= 15 is 0 Å². The standard InChI is InChI=1S/C17H23NO4S/c1-12-5-6-13(23-3)9-14(12)15(19)18-8-4-7-17(10-18,11-22-2)16(20)21/h5-6,9H,4,7-8,10-11H2,1-3H3,(H,20,21). The number of carbonyl (C=O) groups is 2. The van der Waals surface area contributed by atoms with E-state index in [0.717, 1.165) is 10.5 Å². The predicted molar refractivity (Wildman–Crippen MR) is 90.0 cm³/mol. The van der Waals surface area contributed by atoms with E-state index in [9.17, 15) is 14.7 Å². The van der Waals surface area contributed by atoms with E-state index in [1.165, 1.54) is 7.11 Å². The molecule has 0 spiro atoms. The molecule has 1 amide bonds. The van der Waals surface area contributed by atoms with Gasteiger partial charge in [0.15, 0.2) is 0 Å². The first-order valence-corrected chi connectivity index (χ1v) is 8.82. The number of aliphatic carboxylic acids is 1. The highest BCUT2D eigenvalue weighted by Gasteiger charge is 2.44. The zero-order chi connectivity index (χ0) is 17.0. The smallest absolute Gasteiger partial charge is 0.313 e. The minimum atomic E-state index is -1.01. The summed E-state index contributed by atoms with van der Waals surface area (Å²) in [6.07, 6.45) is 3.17. The lowest BCUT2D eigenvalue weighted by atomic mass is 9.80. The summed E-state index contributed by atoms with van der Waals surface area (Å²) in [5.41, 5.74) is 0.551. The van der Waals surface area contributed by atoms with Crippen molar-refractivity contribution < 1.29 is 19.4 Å². The van der Waals surface area contributed by atoms with E-state index in [0.29, 0.717) is 24.9 Å². The Hall–Kier alpha value is -1.53. The number of likely N-dealkylation sites (tertiary alicyclic amines) is 1. The summed E-state index contributed by atoms with van der Waals surface area (Å²) in [7, 11) is 1.50. The number of ether oxygens (including phenoxy) is 1. The Morgan fingerprint density at radius 1 is 1.43 bits per heavy atom. The first kappa shape index (κ1) is 17.8. The second-order valence-corrected chi connectivity index (χ2v) is 6.91. The summed E-state index contributed by atoms with van der Waals surface area (Å²) in [6.45, 7) is 2.80. The van der Waals surface area contributed by atoms with Crippen LogP contribution in [0, 0.1) is 12.3 Å². The number of hydrogen-bond donors (Lipinski definition) is 1. The summed E-state index contributed by atoms with van der Waals surface area (Å²) in [4.78, 5) is 27.3. The molecule has 0 saturated carbocycles. The second-order valence-electron chi connectivity index (χ2n) is 6.03. The Labute approximate surface area is 141 Å². The van der Waals surface area contributed by atoms with Gasteiger partial charge in [-0.2, -0.15) is 0 Å². The fourth-order valence-electron chi connectivity index (χ4n) is 3.06. The molecule has 0 aromatic heterocycles. The van der Waals surface area contributed by atoms with E-state index in [-0.39, 0.29) is 19.1 Å². The van der Waals surface area contributed by atoms with Crippen molar-refractivity contribution >= 4 is 23.6 Å². The highest BCUT2D eigenvalue weighted by Crippen LogP contribution is 2.32. The summed E-state index contributed by atoms with van der Waals surface area (Å²) >= 11 is 1.58. The van der Waals surface area contributed by atoms with E-state index in [2.05, 4.69) is 0 Å². The number of thioether (sulfide) groups is 1. The van der Waals surface area contributed by atoms with Crippen LogP contribution < -0.4 is 0 Å². The number of nitrogens with zero attached hydrogens (tertiary/aromatic N) is 1. The molecule has 1 heterocycles. The number of carboxylic acid groups (broad SMARTS) is 1. The lowest BCUT2D eigenvalue weighted by molar-refractivity contribution is -0.155. The van der Waals surface area contributed by atoms with E-state index in [1.807, 2.05) is 31.4 Å². The van der Waals surface area contributed by atoms with Crippen LogP contribution in [0.5, 0.6) is 0 Å². The molecule has 0 aliphatic carbocycles. The number of benzene rings is 1. The molecule has 1 saturated heterocycles. The predicted octanol–water partition coefficient (Wildman–Crippen LogP) is 2.67. The Balaban J connectivity index is 2.27. The van der Waals surface area contributed by atoms with Crippen LogP contribution in [-0.4, -0.2) is 54.9 Å². The second kappa shape index (κ2) is 7.36. The topological polar surface area (TPSA) is 66.8 Å². The Morgan fingerprint density at radius 3 is 2.78 bits per heavy atom. The van der Waals surface area contributed by atoms with Gasteiger partial charge >= 0.3 is 5.97 Å². The van der Waals surface area contributed by atoms with E-state index < -0.39 is 11.4 Å². The number of piperidine rings is 1. The van der Waals surface area contributed by atoms with Crippen molar-refractivity contribution in [2.75, 3.05) is 33.1 Å². The summed E-state index contributed by atoms with van der Waals surface area (Å²) in [6, 6.07) is 5.80. The van der Waals surface area contributed by atoms with Crippen molar-refractivity contribution in [1.29, 1.82) is 0 Å². The molecule has 6 heteroatoms. The summed E-state index contributed by atoms with van der Waals surface area (Å²) in [5.74, 6) is -0.994. The maximum absolute atomic E-state index is 12.9. The highest BCUT2D eigenvalue weighted by molar-refractivity contribution is 7.98. The number of methoxy groups -OCH3 is 1. The summed E-state index contributed by atoms with van der Waals surface area (Å²) in [5, 5.41) is 9.61. The zero-order valence-electron chi connectivity index (χ0n) is 13.8. The molecule has 2 rings (SSSR count). The zero-order valence-corrected chi connectivity index (χ0v) is 14.6. The lowest BCUT2D eigenvalue weighted by Gasteiger charge is -2.39. The van der Waals surface area contributed by atoms with Gasteiger partial charge in [0.1, 0.15) is 5.41 Å². The molecule has 1 aromatic carbocycles. The Morgan fingerprint density at radius 2 is 2.17 bits per heavy atom. The Kier molecular flexibility index (Phi) is 5.70. The van der Waals surface area contributed by atoms with Gasteiger partial charge in [-0.3, -0.25) is 9.59 Å². The SMILES string of the molecule is COCC1(C(=O)O)CCCN(C(=O)c2cc(SC)ccc2C)C1. The third kappa shape index (κ3) is 3.70. The molecule has 1 atom stereocenters. The average Bonchev–Trinajstić information content (AvgIpc) is 2.55. The number of carbonyl (C=O) groups excluding carboxylic acids is 1. The number of hydrogen-bond acceptors (Lipinski definition) is 4. The minimum absolute atomic E-state index is 0.0974. The molecule has 23 heavy (non-hydrogen) atoms. The van der Waals surface area contributed by atoms with Gasteiger partial charge in [-0.25, -0.2) is 0 Å². The van der Waals surface area contributed by atoms with Crippen molar-refractivity contribution in [3.8, 4) is 0 Å². The summed E-state index contributed by atoms with van der Waals surface area (Å²) < 4.78 is 5.12. The molecular formula is C17H23NO4S. The third-order valence-electron chi connectivity index (χ3n) is 4.41. The largest absolute Gasteiger partial charge is 0.481 e. The van der Waals surface area contributed by atoms with Crippen LogP contribution in [0.15, 0.2) is 23.1 Å². The van der Waals surface area contributed by atoms with Gasteiger partial charge in [0.05, 0.1) is 6.61 Å². The molecule has 1 fully saturated rings. The van der Waals surface area contributed by atoms with E-state index in [1.54, 1.807) is 16.7 Å². The minimum Gasteiger partial charge on any atom is -0.481 e. The fraction of sp³-hybridized carbons (Fsp3) is 0.529. The van der Waals surface area contributed by atoms with Gasteiger partial charge in [0.2, 0.25) is 0 Å². The molecule has 1 unspecified atom stereocenters. The van der Waals surface area contributed by atoms with Crippen molar-refractivity contribution in [2.45, 2.75) is 24.7 Å². The van der Waals surface area contributed by atoms with Crippen LogP contribution >= 0.6 is 11.8 Å². The van der Waals surface area contributed by atoms with Gasteiger partial charge < -0.3 is 14.7 Å². The maximum atomic E-state index is 12.9. The fourth-order valence-corrected chi connectivity index (χ4v) is 3.50. The van der Waals surface area contributed by atoms with Crippen LogP contribution in [0.4, 0.5) is 0 Å². The quantitative estimate of drug-likeness (QED) is 0.837. The van der Waals surface area contributed by atoms with Gasteiger partial charge in [-0.1, -0.05) is 6.07 Å². The van der Waals surface area contributed by atoms with Crippen LogP contribution in [0.2, 0.25) is 0 Å². The molecule has 1 aromatic rings.